The minimum Gasteiger partial charge on any atom is -0.456 e. The standard InChI is InChI=1S/C62H48OSi/c1-62(2)55-38-42(30-33-47(55)52-34-29-41-17-7-8-20-46(41)61(52)62)58-48-21-9-11-23-50(48)59(51-24-12-10-22-49(51)58)54-37-43(39-57-60(54)53-25-13-14-26-56(53)63-57)40-27-31-45(32-28-40)64(35-15-4-16-36-64)44-18-5-3-6-19-44/h3,5-14,17-34,37-39H,4,15-16,35-36H2,1-2H3. The summed E-state index contributed by atoms with van der Waals surface area (Å²) in [4.78, 5) is 0. The molecule has 1 nitrogen and oxygen atoms in total. The molecule has 1 aromatic heterocycles. The van der Waals surface area contributed by atoms with Crippen LogP contribution in [0.25, 0.3) is 98.8 Å². The first-order valence-corrected chi connectivity index (χ1v) is 25.6. The topological polar surface area (TPSA) is 13.1 Å². The number of rotatable bonds is 5. The van der Waals surface area contributed by atoms with Crippen molar-refractivity contribution < 1.29 is 4.42 Å². The van der Waals surface area contributed by atoms with Crippen LogP contribution in [0.1, 0.15) is 44.2 Å². The minimum absolute atomic E-state index is 0.152. The predicted molar refractivity (Wildman–Crippen MR) is 275 cm³/mol. The van der Waals surface area contributed by atoms with E-state index >= 15 is 0 Å². The van der Waals surface area contributed by atoms with Crippen molar-refractivity contribution in [3.63, 3.8) is 0 Å². The third kappa shape index (κ3) is 5.48. The molecule has 0 spiro atoms. The molecule has 0 amide bonds. The predicted octanol–water partition coefficient (Wildman–Crippen LogP) is 16.1. The lowest BCUT2D eigenvalue weighted by Crippen LogP contribution is -2.58. The molecule has 1 saturated heterocycles. The number of benzene rings is 10. The maximum Gasteiger partial charge on any atom is 0.136 e. The number of para-hydroxylation sites is 1. The maximum atomic E-state index is 6.81. The van der Waals surface area contributed by atoms with Gasteiger partial charge in [-0.1, -0.05) is 213 Å². The smallest absolute Gasteiger partial charge is 0.136 e. The summed E-state index contributed by atoms with van der Waals surface area (Å²) in [7, 11) is -1.84. The Morgan fingerprint density at radius 2 is 0.984 bits per heavy atom. The van der Waals surface area contributed by atoms with Crippen LogP contribution in [0, 0.1) is 0 Å². The van der Waals surface area contributed by atoms with Crippen LogP contribution < -0.4 is 10.4 Å². The lowest BCUT2D eigenvalue weighted by Gasteiger charge is -2.36. The van der Waals surface area contributed by atoms with Gasteiger partial charge in [-0.2, -0.15) is 0 Å². The monoisotopic (exact) mass is 836 g/mol. The van der Waals surface area contributed by atoms with E-state index in [0.29, 0.717) is 0 Å². The van der Waals surface area contributed by atoms with E-state index in [2.05, 4.69) is 208 Å². The highest BCUT2D eigenvalue weighted by atomic mass is 28.3. The van der Waals surface area contributed by atoms with E-state index in [-0.39, 0.29) is 5.41 Å². The van der Waals surface area contributed by atoms with Crippen molar-refractivity contribution in [1.82, 2.24) is 0 Å². The fraction of sp³-hybridized carbons (Fsp3) is 0.129. The van der Waals surface area contributed by atoms with E-state index in [9.17, 15) is 0 Å². The van der Waals surface area contributed by atoms with Crippen LogP contribution in [-0.2, 0) is 5.41 Å². The van der Waals surface area contributed by atoms with Gasteiger partial charge >= 0.3 is 0 Å². The molecular formula is C62H48OSi. The molecule has 2 heteroatoms. The van der Waals surface area contributed by atoms with Gasteiger partial charge in [-0.05, 0) is 124 Å². The Balaban J connectivity index is 1.02. The molecule has 1 aliphatic carbocycles. The lowest BCUT2D eigenvalue weighted by molar-refractivity contribution is 0.666. The van der Waals surface area contributed by atoms with Crippen LogP contribution in [-0.4, -0.2) is 8.07 Å². The largest absolute Gasteiger partial charge is 0.456 e. The normalized spacial score (nSPS) is 15.3. The fourth-order valence-electron chi connectivity index (χ4n) is 12.3. The maximum absolute atomic E-state index is 6.81. The van der Waals surface area contributed by atoms with E-state index in [1.165, 1.54) is 125 Å². The van der Waals surface area contributed by atoms with Gasteiger partial charge in [-0.3, -0.25) is 0 Å². The van der Waals surface area contributed by atoms with Gasteiger partial charge in [-0.25, -0.2) is 0 Å². The second kappa shape index (κ2) is 14.3. The summed E-state index contributed by atoms with van der Waals surface area (Å²) in [6.07, 6.45) is 4.00. The van der Waals surface area contributed by atoms with Gasteiger partial charge in [0, 0.05) is 16.2 Å². The van der Waals surface area contributed by atoms with Gasteiger partial charge in [0.15, 0.2) is 0 Å². The molecule has 64 heavy (non-hydrogen) atoms. The molecule has 0 unspecified atom stereocenters. The Kier molecular flexibility index (Phi) is 8.36. The molecule has 2 aliphatic rings. The number of hydrogen-bond donors (Lipinski definition) is 0. The van der Waals surface area contributed by atoms with Crippen molar-refractivity contribution in [2.45, 2.75) is 50.6 Å². The zero-order valence-electron chi connectivity index (χ0n) is 36.4. The third-order valence-corrected chi connectivity index (χ3v) is 20.6. The van der Waals surface area contributed by atoms with Crippen molar-refractivity contribution in [2.75, 3.05) is 0 Å². The average Bonchev–Trinajstić information content (AvgIpc) is 3.85. The number of furan rings is 1. The Hall–Kier alpha value is -7.00. The van der Waals surface area contributed by atoms with Gasteiger partial charge in [-0.15, -0.1) is 0 Å². The van der Waals surface area contributed by atoms with Crippen LogP contribution in [0.2, 0.25) is 12.1 Å². The summed E-state index contributed by atoms with van der Waals surface area (Å²) >= 11 is 0. The quantitative estimate of drug-likeness (QED) is 0.124. The summed E-state index contributed by atoms with van der Waals surface area (Å²) in [5.41, 5.74) is 14.6. The average molecular weight is 837 g/mol. The molecule has 10 aromatic carbocycles. The van der Waals surface area contributed by atoms with E-state index < -0.39 is 8.07 Å². The SMILES string of the molecule is CC1(C)c2cc(-c3c4ccccc4c(-c4cc(-c5ccc([Si]6(c7ccccc7)CCCCC6)cc5)cc5oc6ccccc6c45)c4ccccc34)ccc2-c2ccc3ccccc3c21. The van der Waals surface area contributed by atoms with Crippen molar-refractivity contribution in [1.29, 1.82) is 0 Å². The molecule has 11 aromatic rings. The van der Waals surface area contributed by atoms with Crippen molar-refractivity contribution in [3.05, 3.63) is 205 Å². The Morgan fingerprint density at radius 1 is 0.406 bits per heavy atom. The van der Waals surface area contributed by atoms with Crippen LogP contribution >= 0.6 is 0 Å². The second-order valence-corrected chi connectivity index (χ2v) is 23.3. The number of hydrogen-bond acceptors (Lipinski definition) is 1. The van der Waals surface area contributed by atoms with Crippen molar-refractivity contribution >= 4 is 72.7 Å². The van der Waals surface area contributed by atoms with Crippen LogP contribution in [0.15, 0.2) is 199 Å². The zero-order valence-corrected chi connectivity index (χ0v) is 37.4. The molecule has 1 aliphatic heterocycles. The molecule has 2 heterocycles. The molecule has 13 rings (SSSR count). The minimum atomic E-state index is -1.84. The van der Waals surface area contributed by atoms with Gasteiger partial charge < -0.3 is 4.42 Å². The highest BCUT2D eigenvalue weighted by molar-refractivity contribution is 7.02. The Labute approximate surface area is 375 Å². The molecule has 0 saturated carbocycles. The number of fused-ring (bicyclic) bond motifs is 10. The third-order valence-electron chi connectivity index (χ3n) is 15.3. The summed E-state index contributed by atoms with van der Waals surface area (Å²) in [5.74, 6) is 0. The van der Waals surface area contributed by atoms with Crippen molar-refractivity contribution in [2.24, 2.45) is 0 Å². The van der Waals surface area contributed by atoms with E-state index in [1.807, 2.05) is 0 Å². The molecule has 0 bridgehead atoms. The lowest BCUT2D eigenvalue weighted by atomic mass is 9.79. The first-order chi connectivity index (χ1) is 31.5. The summed E-state index contributed by atoms with van der Waals surface area (Å²) in [6, 6.07) is 76.1. The molecule has 1 fully saturated rings. The molecular weight excluding hydrogens is 789 g/mol. The Morgan fingerprint density at radius 3 is 1.70 bits per heavy atom. The van der Waals surface area contributed by atoms with E-state index in [0.717, 1.165) is 16.6 Å². The van der Waals surface area contributed by atoms with Gasteiger partial charge in [0.05, 0.1) is 0 Å². The summed E-state index contributed by atoms with van der Waals surface area (Å²) < 4.78 is 6.81. The first kappa shape index (κ1) is 37.5. The van der Waals surface area contributed by atoms with Gasteiger partial charge in [0.25, 0.3) is 0 Å². The summed E-state index contributed by atoms with van der Waals surface area (Å²) in [5, 5.41) is 13.1. The molecule has 0 N–H and O–H groups in total. The van der Waals surface area contributed by atoms with Crippen LogP contribution in [0.3, 0.4) is 0 Å². The van der Waals surface area contributed by atoms with Crippen LogP contribution in [0.4, 0.5) is 0 Å². The highest BCUT2D eigenvalue weighted by Gasteiger charge is 2.39. The molecule has 306 valence electrons. The Bertz CT molecular complexity index is 3600. The van der Waals surface area contributed by atoms with E-state index in [4.69, 9.17) is 4.42 Å². The molecule has 0 radical (unpaired) electrons. The summed E-state index contributed by atoms with van der Waals surface area (Å²) in [6.45, 7) is 4.82. The van der Waals surface area contributed by atoms with Crippen LogP contribution in [0.5, 0.6) is 0 Å². The van der Waals surface area contributed by atoms with Crippen molar-refractivity contribution in [3.8, 4) is 44.5 Å². The highest BCUT2D eigenvalue weighted by Crippen LogP contribution is 2.54. The second-order valence-electron chi connectivity index (χ2n) is 19.0. The molecule has 0 atom stereocenters. The fourth-order valence-corrected chi connectivity index (χ4v) is 17.4. The zero-order chi connectivity index (χ0) is 42.6. The van der Waals surface area contributed by atoms with Gasteiger partial charge in [0.2, 0.25) is 0 Å². The first-order valence-electron chi connectivity index (χ1n) is 23.2. The van der Waals surface area contributed by atoms with Gasteiger partial charge in [0.1, 0.15) is 19.2 Å². The van der Waals surface area contributed by atoms with E-state index in [1.54, 1.807) is 10.4 Å².